The van der Waals surface area contributed by atoms with Gasteiger partial charge in [-0.1, -0.05) is 63.7 Å². The van der Waals surface area contributed by atoms with Crippen molar-refractivity contribution >= 4 is 63.7 Å². The van der Waals surface area contributed by atoms with Gasteiger partial charge in [0.1, 0.15) is 24.4 Å². The van der Waals surface area contributed by atoms with Gasteiger partial charge in [0, 0.05) is 21.3 Å². The van der Waals surface area contributed by atoms with Crippen molar-refractivity contribution in [3.05, 3.63) is 0 Å². The predicted octanol–water partition coefficient (Wildman–Crippen LogP) is -1.56. The largest absolute Gasteiger partial charge is 0.389 e. The van der Waals surface area contributed by atoms with Crippen LogP contribution >= 0.6 is 63.7 Å². The third-order valence-electron chi connectivity index (χ3n) is 2.91. The van der Waals surface area contributed by atoms with E-state index in [0.717, 1.165) is 0 Å². The van der Waals surface area contributed by atoms with Crippen LogP contribution in [0.5, 0.6) is 0 Å². The van der Waals surface area contributed by atoms with Crippen molar-refractivity contribution in [3.8, 4) is 0 Å². The van der Waals surface area contributed by atoms with Gasteiger partial charge in [-0.3, -0.25) is 0 Å². The molecule has 0 rings (SSSR count). The molecule has 0 aliphatic carbocycles. The quantitative estimate of drug-likeness (QED) is 0.137. The Kier molecular flexibility index (Phi) is 18.1. The van der Waals surface area contributed by atoms with E-state index in [9.17, 15) is 20.4 Å². The Balaban J connectivity index is 0. The minimum absolute atomic E-state index is 0.153. The van der Waals surface area contributed by atoms with Crippen LogP contribution in [0.1, 0.15) is 0 Å². The van der Waals surface area contributed by atoms with Gasteiger partial charge in [0.05, 0.1) is 24.4 Å². The Morgan fingerprint density at radius 3 is 0.583 bits per heavy atom. The molecule has 0 aliphatic heterocycles. The molecule has 0 saturated heterocycles. The molecule has 0 saturated carbocycles. The molecular weight excluding hydrogens is 592 g/mol. The highest BCUT2D eigenvalue weighted by molar-refractivity contribution is 9.09. The van der Waals surface area contributed by atoms with Gasteiger partial charge in [0.25, 0.3) is 0 Å². The lowest BCUT2D eigenvalue weighted by Crippen LogP contribution is -2.45. The zero-order valence-electron chi connectivity index (χ0n) is 12.5. The fourth-order valence-corrected chi connectivity index (χ4v) is 2.81. The van der Waals surface area contributed by atoms with Crippen molar-refractivity contribution in [1.82, 2.24) is 0 Å². The van der Waals surface area contributed by atoms with Gasteiger partial charge < -0.3 is 40.9 Å². The molecule has 0 bridgehead atoms. The maximum Gasteiger partial charge on any atom is 0.109 e. The molecule has 0 amide bonds. The molecule has 8 atom stereocenters. The molecule has 0 aliphatic rings. The Morgan fingerprint density at radius 1 is 0.375 bits per heavy atom. The summed E-state index contributed by atoms with van der Waals surface area (Å²) in [6.45, 7) is 0. The Morgan fingerprint density at radius 2 is 0.500 bits per heavy atom. The number of halogens is 4. The molecule has 12 heteroatoms. The average molecular weight is 616 g/mol. The summed E-state index contributed by atoms with van der Waals surface area (Å²) < 4.78 is 0. The molecule has 8 N–H and O–H groups in total. The zero-order chi connectivity index (χ0) is 19.4. The van der Waals surface area contributed by atoms with Crippen molar-refractivity contribution in [2.24, 2.45) is 0 Å². The minimum Gasteiger partial charge on any atom is -0.389 e. The molecule has 0 fully saturated rings. The van der Waals surface area contributed by atoms with Crippen LogP contribution in [0.15, 0.2) is 0 Å². The number of alkyl halides is 4. The van der Waals surface area contributed by atoms with E-state index < -0.39 is 48.8 Å². The highest BCUT2D eigenvalue weighted by atomic mass is 79.9. The first-order valence-electron chi connectivity index (χ1n) is 6.77. The predicted molar refractivity (Wildman–Crippen MR) is 103 cm³/mol. The molecule has 8 nitrogen and oxygen atoms in total. The van der Waals surface area contributed by atoms with Crippen molar-refractivity contribution in [2.45, 2.75) is 48.8 Å². The summed E-state index contributed by atoms with van der Waals surface area (Å²) in [6.07, 6.45) is -9.65. The first kappa shape index (κ1) is 27.8. The van der Waals surface area contributed by atoms with Gasteiger partial charge in [-0.25, -0.2) is 0 Å². The SMILES string of the molecule is OC(CBr)C(O)C(O)C(O)CBr.OC(CBr)C(O)C(O)C(O)CBr. The van der Waals surface area contributed by atoms with E-state index in [1.807, 2.05) is 0 Å². The summed E-state index contributed by atoms with van der Waals surface area (Å²) in [7, 11) is 0. The van der Waals surface area contributed by atoms with E-state index in [1.165, 1.54) is 0 Å². The van der Waals surface area contributed by atoms with Crippen LogP contribution < -0.4 is 0 Å². The van der Waals surface area contributed by atoms with E-state index >= 15 is 0 Å². The topological polar surface area (TPSA) is 162 Å². The van der Waals surface area contributed by atoms with E-state index in [1.54, 1.807) is 0 Å². The summed E-state index contributed by atoms with van der Waals surface area (Å²) >= 11 is 11.8. The lowest BCUT2D eigenvalue weighted by molar-refractivity contribution is -0.0916. The van der Waals surface area contributed by atoms with E-state index in [0.29, 0.717) is 0 Å². The second-order valence-electron chi connectivity index (χ2n) is 4.85. The number of hydrogen-bond donors (Lipinski definition) is 8. The lowest BCUT2D eigenvalue weighted by Gasteiger charge is -2.24. The molecule has 8 unspecified atom stereocenters. The fourth-order valence-electron chi connectivity index (χ4n) is 1.28. The third-order valence-corrected chi connectivity index (χ3v) is 5.56. The van der Waals surface area contributed by atoms with E-state index in [-0.39, 0.29) is 21.3 Å². The van der Waals surface area contributed by atoms with Gasteiger partial charge in [-0.15, -0.1) is 0 Å². The Bertz CT molecular complexity index is 248. The highest BCUT2D eigenvalue weighted by Crippen LogP contribution is 2.09. The van der Waals surface area contributed by atoms with Crippen molar-refractivity contribution < 1.29 is 40.9 Å². The highest BCUT2D eigenvalue weighted by Gasteiger charge is 2.29. The summed E-state index contributed by atoms with van der Waals surface area (Å²) in [4.78, 5) is 0. The number of aliphatic hydroxyl groups is 8. The average Bonchev–Trinajstić information content (AvgIpc) is 2.62. The van der Waals surface area contributed by atoms with E-state index in [4.69, 9.17) is 20.4 Å². The number of hydrogen-bond acceptors (Lipinski definition) is 8. The van der Waals surface area contributed by atoms with Crippen molar-refractivity contribution in [1.29, 1.82) is 0 Å². The number of rotatable bonds is 10. The molecule has 0 heterocycles. The van der Waals surface area contributed by atoms with Crippen LogP contribution in [0, 0.1) is 0 Å². The molecule has 0 spiro atoms. The summed E-state index contributed by atoms with van der Waals surface area (Å²) in [5.74, 6) is 0. The van der Waals surface area contributed by atoms with Crippen LogP contribution in [0.2, 0.25) is 0 Å². The van der Waals surface area contributed by atoms with Gasteiger partial charge in [0.15, 0.2) is 0 Å². The van der Waals surface area contributed by atoms with Crippen LogP contribution in [0.25, 0.3) is 0 Å². The molecule has 0 radical (unpaired) electrons. The standard InChI is InChI=1S/2C6H12Br2O4/c2*7-1-3(9)5(11)6(12)4(10)2-8/h2*3-6,9-12H,1-2H2. The van der Waals surface area contributed by atoms with Crippen molar-refractivity contribution in [3.63, 3.8) is 0 Å². The van der Waals surface area contributed by atoms with Gasteiger partial charge in [0.2, 0.25) is 0 Å². The van der Waals surface area contributed by atoms with Gasteiger partial charge >= 0.3 is 0 Å². The van der Waals surface area contributed by atoms with Crippen LogP contribution in [-0.2, 0) is 0 Å². The normalized spacial score (nSPS) is 21.5. The van der Waals surface area contributed by atoms with Gasteiger partial charge in [-0.2, -0.15) is 0 Å². The van der Waals surface area contributed by atoms with Crippen LogP contribution in [0.4, 0.5) is 0 Å². The first-order valence-corrected chi connectivity index (χ1v) is 11.3. The number of aliphatic hydroxyl groups excluding tert-OH is 8. The summed E-state index contributed by atoms with van der Waals surface area (Å²) in [5.41, 5.74) is 0. The maximum atomic E-state index is 9.18. The molecule has 0 aromatic heterocycles. The maximum absolute atomic E-state index is 9.18. The third kappa shape index (κ3) is 10.7. The van der Waals surface area contributed by atoms with Crippen molar-refractivity contribution in [2.75, 3.05) is 21.3 Å². The molecule has 24 heavy (non-hydrogen) atoms. The van der Waals surface area contributed by atoms with Crippen LogP contribution in [-0.4, -0.2) is 111 Å². The summed E-state index contributed by atoms with van der Waals surface area (Å²) in [5, 5.41) is 73.6. The smallest absolute Gasteiger partial charge is 0.109 e. The lowest BCUT2D eigenvalue weighted by atomic mass is 10.1. The molecular formula is C12H24Br4O8. The van der Waals surface area contributed by atoms with E-state index in [2.05, 4.69) is 63.7 Å². The second-order valence-corrected chi connectivity index (χ2v) is 7.44. The monoisotopic (exact) mass is 612 g/mol. The molecule has 0 aromatic carbocycles. The summed E-state index contributed by atoms with van der Waals surface area (Å²) in [6, 6.07) is 0. The molecule has 0 aromatic rings. The zero-order valence-corrected chi connectivity index (χ0v) is 18.9. The first-order chi connectivity index (χ1) is 11.1. The Labute approximate surface area is 174 Å². The fraction of sp³-hybridized carbons (Fsp3) is 1.00. The second kappa shape index (κ2) is 15.6. The van der Waals surface area contributed by atoms with Gasteiger partial charge in [-0.05, 0) is 0 Å². The molecule has 148 valence electrons. The van der Waals surface area contributed by atoms with Crippen LogP contribution in [0.3, 0.4) is 0 Å². The minimum atomic E-state index is -1.34. The Hall–Kier alpha value is 1.60.